The van der Waals surface area contributed by atoms with Crippen LogP contribution in [0.5, 0.6) is 0 Å². The number of carbonyl (C=O) groups is 1. The molecule has 1 amide bonds. The van der Waals surface area contributed by atoms with E-state index in [1.807, 2.05) is 0 Å². The highest BCUT2D eigenvalue weighted by Crippen LogP contribution is 2.14. The molecule has 0 unspecified atom stereocenters. The number of amides is 1. The van der Waals surface area contributed by atoms with Gasteiger partial charge in [-0.05, 0) is 0 Å². The summed E-state index contributed by atoms with van der Waals surface area (Å²) in [5.41, 5.74) is 5.32. The molecular formula is C8H17N3O2. The summed E-state index contributed by atoms with van der Waals surface area (Å²) in [7, 11) is 1.41. The van der Waals surface area contributed by atoms with Crippen LogP contribution in [0.25, 0.3) is 0 Å². The van der Waals surface area contributed by atoms with Gasteiger partial charge in [-0.1, -0.05) is 0 Å². The van der Waals surface area contributed by atoms with Crippen LogP contribution in [-0.2, 0) is 4.74 Å². The Morgan fingerprint density at radius 2 is 2.38 bits per heavy atom. The molecule has 5 nitrogen and oxygen atoms in total. The number of hydrogen-bond donors (Lipinski definition) is 2. The number of rotatable bonds is 4. The Bertz CT molecular complexity index is 169. The molecule has 1 rings (SSSR count). The third kappa shape index (κ3) is 2.86. The number of likely N-dealkylation sites (tertiary alicyclic amines) is 1. The topological polar surface area (TPSA) is 67.6 Å². The molecule has 0 spiro atoms. The fourth-order valence-corrected chi connectivity index (χ4v) is 1.39. The van der Waals surface area contributed by atoms with Gasteiger partial charge in [-0.15, -0.1) is 0 Å². The van der Waals surface area contributed by atoms with Gasteiger partial charge >= 0.3 is 6.09 Å². The van der Waals surface area contributed by atoms with Crippen LogP contribution >= 0.6 is 0 Å². The molecule has 0 atom stereocenters. The molecule has 0 aromatic carbocycles. The highest BCUT2D eigenvalue weighted by atomic mass is 16.5. The van der Waals surface area contributed by atoms with Crippen molar-refractivity contribution in [3.05, 3.63) is 0 Å². The van der Waals surface area contributed by atoms with Gasteiger partial charge < -0.3 is 20.7 Å². The van der Waals surface area contributed by atoms with Gasteiger partial charge in [-0.2, -0.15) is 0 Å². The van der Waals surface area contributed by atoms with E-state index in [1.165, 1.54) is 7.11 Å². The van der Waals surface area contributed by atoms with Crippen molar-refractivity contribution in [1.29, 1.82) is 0 Å². The smallest absolute Gasteiger partial charge is 0.409 e. The summed E-state index contributed by atoms with van der Waals surface area (Å²) in [6.07, 6.45) is -0.227. The summed E-state index contributed by atoms with van der Waals surface area (Å²) in [5, 5.41) is 3.21. The molecule has 0 radical (unpaired) electrons. The monoisotopic (exact) mass is 187 g/mol. The molecule has 3 N–H and O–H groups in total. The third-order valence-corrected chi connectivity index (χ3v) is 2.14. The van der Waals surface area contributed by atoms with E-state index in [2.05, 4.69) is 10.1 Å². The van der Waals surface area contributed by atoms with Crippen LogP contribution in [0.15, 0.2) is 0 Å². The molecule has 0 saturated carbocycles. The van der Waals surface area contributed by atoms with Crippen molar-refractivity contribution >= 4 is 6.09 Å². The van der Waals surface area contributed by atoms with E-state index in [0.717, 1.165) is 26.2 Å². The van der Waals surface area contributed by atoms with Gasteiger partial charge in [0.25, 0.3) is 0 Å². The Balaban J connectivity index is 2.01. The summed E-state index contributed by atoms with van der Waals surface area (Å²) < 4.78 is 4.57. The molecule has 1 heterocycles. The minimum Gasteiger partial charge on any atom is -0.453 e. The van der Waals surface area contributed by atoms with Gasteiger partial charge in [0, 0.05) is 38.6 Å². The van der Waals surface area contributed by atoms with E-state index in [-0.39, 0.29) is 6.09 Å². The number of carbonyl (C=O) groups excluding carboxylic acids is 1. The molecule has 0 aromatic rings. The van der Waals surface area contributed by atoms with Crippen LogP contribution in [0.3, 0.4) is 0 Å². The summed E-state index contributed by atoms with van der Waals surface area (Å²) >= 11 is 0. The minimum absolute atomic E-state index is 0.227. The van der Waals surface area contributed by atoms with Crippen molar-refractivity contribution in [1.82, 2.24) is 10.2 Å². The molecule has 0 aromatic heterocycles. The van der Waals surface area contributed by atoms with Crippen molar-refractivity contribution in [2.45, 2.75) is 0 Å². The molecule has 0 aliphatic carbocycles. The maximum absolute atomic E-state index is 10.9. The van der Waals surface area contributed by atoms with Crippen molar-refractivity contribution in [3.63, 3.8) is 0 Å². The lowest BCUT2D eigenvalue weighted by atomic mass is 10.0. The lowest BCUT2D eigenvalue weighted by Gasteiger charge is -2.38. The Morgan fingerprint density at radius 1 is 1.69 bits per heavy atom. The standard InChI is InChI=1S/C8H17N3O2/c1-13-8(12)11-5-7(6-11)4-10-3-2-9/h7,10H,2-6,9H2,1H3. The van der Waals surface area contributed by atoms with Gasteiger partial charge in [-0.3, -0.25) is 0 Å². The van der Waals surface area contributed by atoms with Crippen molar-refractivity contribution in [2.75, 3.05) is 39.8 Å². The highest BCUT2D eigenvalue weighted by Gasteiger charge is 2.30. The van der Waals surface area contributed by atoms with Crippen molar-refractivity contribution in [3.8, 4) is 0 Å². The first kappa shape index (κ1) is 10.3. The first-order valence-electron chi connectivity index (χ1n) is 4.51. The number of nitrogens with one attached hydrogen (secondary N) is 1. The van der Waals surface area contributed by atoms with Crippen LogP contribution in [0.2, 0.25) is 0 Å². The lowest BCUT2D eigenvalue weighted by Crippen LogP contribution is -2.53. The number of hydrogen-bond acceptors (Lipinski definition) is 4. The predicted octanol–water partition coefficient (Wildman–Crippen LogP) is -0.767. The average Bonchev–Trinajstić information content (AvgIpc) is 2.08. The molecular weight excluding hydrogens is 170 g/mol. The zero-order chi connectivity index (χ0) is 9.68. The Labute approximate surface area is 78.2 Å². The van der Waals surface area contributed by atoms with E-state index in [4.69, 9.17) is 5.73 Å². The van der Waals surface area contributed by atoms with E-state index in [1.54, 1.807) is 4.90 Å². The second kappa shape index (κ2) is 5.04. The molecule has 5 heteroatoms. The van der Waals surface area contributed by atoms with Crippen LogP contribution in [0.1, 0.15) is 0 Å². The maximum atomic E-state index is 10.9. The van der Waals surface area contributed by atoms with Crippen LogP contribution in [-0.4, -0.2) is 50.8 Å². The van der Waals surface area contributed by atoms with Gasteiger partial charge in [0.15, 0.2) is 0 Å². The van der Waals surface area contributed by atoms with E-state index < -0.39 is 0 Å². The minimum atomic E-state index is -0.227. The second-order valence-corrected chi connectivity index (χ2v) is 3.23. The Hall–Kier alpha value is -0.810. The largest absolute Gasteiger partial charge is 0.453 e. The summed E-state index contributed by atoms with van der Waals surface area (Å²) in [5.74, 6) is 0.561. The molecule has 13 heavy (non-hydrogen) atoms. The first-order valence-corrected chi connectivity index (χ1v) is 4.51. The zero-order valence-electron chi connectivity index (χ0n) is 7.95. The van der Waals surface area contributed by atoms with Gasteiger partial charge in [0.2, 0.25) is 0 Å². The maximum Gasteiger partial charge on any atom is 0.409 e. The molecule has 1 aliphatic rings. The lowest BCUT2D eigenvalue weighted by molar-refractivity contribution is 0.0677. The van der Waals surface area contributed by atoms with Gasteiger partial charge in [0.05, 0.1) is 7.11 Å². The third-order valence-electron chi connectivity index (χ3n) is 2.14. The number of ether oxygens (including phenoxy) is 1. The predicted molar refractivity (Wildman–Crippen MR) is 49.4 cm³/mol. The summed E-state index contributed by atoms with van der Waals surface area (Å²) in [4.78, 5) is 12.6. The van der Waals surface area contributed by atoms with Gasteiger partial charge in [-0.25, -0.2) is 4.79 Å². The highest BCUT2D eigenvalue weighted by molar-refractivity contribution is 5.68. The number of nitrogens with two attached hydrogens (primary N) is 1. The number of nitrogens with zero attached hydrogens (tertiary/aromatic N) is 1. The molecule has 1 saturated heterocycles. The van der Waals surface area contributed by atoms with Crippen molar-refractivity contribution < 1.29 is 9.53 Å². The van der Waals surface area contributed by atoms with Crippen LogP contribution < -0.4 is 11.1 Å². The molecule has 0 bridgehead atoms. The fraction of sp³-hybridized carbons (Fsp3) is 0.875. The summed E-state index contributed by atoms with van der Waals surface area (Å²) in [6, 6.07) is 0. The van der Waals surface area contributed by atoms with E-state index in [9.17, 15) is 4.79 Å². The van der Waals surface area contributed by atoms with E-state index in [0.29, 0.717) is 12.5 Å². The zero-order valence-corrected chi connectivity index (χ0v) is 7.95. The first-order chi connectivity index (χ1) is 6.27. The van der Waals surface area contributed by atoms with Gasteiger partial charge in [0.1, 0.15) is 0 Å². The van der Waals surface area contributed by atoms with Crippen LogP contribution in [0, 0.1) is 5.92 Å². The molecule has 76 valence electrons. The van der Waals surface area contributed by atoms with E-state index >= 15 is 0 Å². The summed E-state index contributed by atoms with van der Waals surface area (Å²) in [6.45, 7) is 4.03. The fourth-order valence-electron chi connectivity index (χ4n) is 1.39. The SMILES string of the molecule is COC(=O)N1CC(CNCCN)C1. The quantitative estimate of drug-likeness (QED) is 0.567. The van der Waals surface area contributed by atoms with Crippen LogP contribution in [0.4, 0.5) is 4.79 Å². The average molecular weight is 187 g/mol. The Kier molecular flexibility index (Phi) is 3.98. The molecule has 1 aliphatic heterocycles. The molecule has 1 fully saturated rings. The normalized spacial score (nSPS) is 16.9. The second-order valence-electron chi connectivity index (χ2n) is 3.23. The number of methoxy groups -OCH3 is 1. The van der Waals surface area contributed by atoms with Crippen molar-refractivity contribution in [2.24, 2.45) is 11.7 Å². The Morgan fingerprint density at radius 3 is 2.92 bits per heavy atom.